The van der Waals surface area contributed by atoms with Crippen molar-refractivity contribution in [3.05, 3.63) is 18.0 Å². The first-order valence-electron chi connectivity index (χ1n) is 4.84. The highest BCUT2D eigenvalue weighted by Crippen LogP contribution is 2.08. The number of hydrogen-bond acceptors (Lipinski definition) is 4. The molecule has 0 amide bonds. The molecule has 14 heavy (non-hydrogen) atoms. The molecule has 0 aliphatic rings. The van der Waals surface area contributed by atoms with Gasteiger partial charge in [-0.15, -0.1) is 0 Å². The van der Waals surface area contributed by atoms with Crippen molar-refractivity contribution in [2.45, 2.75) is 32.9 Å². The average molecular weight is 198 g/mol. The lowest BCUT2D eigenvalue weighted by molar-refractivity contribution is 0.0353. The molecule has 1 aromatic heterocycles. The van der Waals surface area contributed by atoms with E-state index >= 15 is 0 Å². The van der Waals surface area contributed by atoms with Crippen molar-refractivity contribution in [3.8, 4) is 0 Å². The molecule has 0 aliphatic carbocycles. The van der Waals surface area contributed by atoms with Crippen LogP contribution in [0.15, 0.2) is 17.0 Å². The molecule has 0 saturated heterocycles. The van der Waals surface area contributed by atoms with Gasteiger partial charge in [0.2, 0.25) is 0 Å². The number of aromatic nitrogens is 1. The highest BCUT2D eigenvalue weighted by Gasteiger charge is 2.17. The molecular weight excluding hydrogens is 180 g/mol. The lowest BCUT2D eigenvalue weighted by Crippen LogP contribution is -2.38. The van der Waals surface area contributed by atoms with Crippen molar-refractivity contribution in [3.63, 3.8) is 0 Å². The molecule has 1 heterocycles. The van der Waals surface area contributed by atoms with Gasteiger partial charge in [0.05, 0.1) is 11.8 Å². The summed E-state index contributed by atoms with van der Waals surface area (Å²) in [6, 6.07) is 0. The monoisotopic (exact) mass is 198 g/mol. The third-order valence-corrected chi connectivity index (χ3v) is 1.95. The number of aliphatic hydroxyl groups is 1. The average Bonchev–Trinajstić information content (AvgIpc) is 2.53. The Morgan fingerprint density at radius 2 is 2.29 bits per heavy atom. The fraction of sp³-hybridized carbons (Fsp3) is 0.700. The summed E-state index contributed by atoms with van der Waals surface area (Å²) in [6.45, 7) is 8.00. The Balaban J connectivity index is 2.47. The summed E-state index contributed by atoms with van der Waals surface area (Å²) in [5, 5.41) is 13.3. The van der Waals surface area contributed by atoms with E-state index in [1.807, 2.05) is 13.8 Å². The molecule has 80 valence electrons. The molecule has 1 N–H and O–H groups in total. The fourth-order valence-corrected chi connectivity index (χ4v) is 1.39. The Bertz CT molecular complexity index is 252. The standard InChI is InChI=1S/C10H18N2O2/c1-4-12(8-10(2,3)13)6-9-5-11-14-7-9/h5,7,13H,4,6,8H2,1-3H3. The minimum atomic E-state index is -0.660. The molecular formula is C10H18N2O2. The minimum absolute atomic E-state index is 0.648. The quantitative estimate of drug-likeness (QED) is 0.774. The maximum Gasteiger partial charge on any atom is 0.128 e. The SMILES string of the molecule is CCN(Cc1cnoc1)CC(C)(C)O. The Kier molecular flexibility index (Phi) is 3.66. The highest BCUT2D eigenvalue weighted by molar-refractivity contribution is 4.99. The van der Waals surface area contributed by atoms with E-state index in [0.717, 1.165) is 18.7 Å². The third-order valence-electron chi connectivity index (χ3n) is 1.95. The Labute approximate surface area is 84.5 Å². The van der Waals surface area contributed by atoms with Crippen LogP contribution in [0.1, 0.15) is 26.3 Å². The van der Waals surface area contributed by atoms with Gasteiger partial charge in [-0.25, -0.2) is 0 Å². The van der Waals surface area contributed by atoms with E-state index in [1.54, 1.807) is 12.5 Å². The molecule has 4 heteroatoms. The van der Waals surface area contributed by atoms with Gasteiger partial charge < -0.3 is 9.63 Å². The van der Waals surface area contributed by atoms with E-state index in [0.29, 0.717) is 6.54 Å². The van der Waals surface area contributed by atoms with Crippen LogP contribution in [0.25, 0.3) is 0 Å². The first kappa shape index (κ1) is 11.2. The van der Waals surface area contributed by atoms with Crippen LogP contribution in [-0.4, -0.2) is 33.9 Å². The summed E-state index contributed by atoms with van der Waals surface area (Å²) in [5.74, 6) is 0. The second kappa shape index (κ2) is 4.57. The predicted molar refractivity (Wildman–Crippen MR) is 53.8 cm³/mol. The maximum absolute atomic E-state index is 9.67. The Hall–Kier alpha value is -0.870. The maximum atomic E-state index is 9.67. The lowest BCUT2D eigenvalue weighted by atomic mass is 10.1. The molecule has 0 bridgehead atoms. The zero-order valence-electron chi connectivity index (χ0n) is 9.03. The fourth-order valence-electron chi connectivity index (χ4n) is 1.39. The van der Waals surface area contributed by atoms with Crippen molar-refractivity contribution in [2.75, 3.05) is 13.1 Å². The van der Waals surface area contributed by atoms with Crippen LogP contribution in [0.4, 0.5) is 0 Å². The summed E-state index contributed by atoms with van der Waals surface area (Å²) < 4.78 is 4.75. The normalized spacial score (nSPS) is 12.4. The first-order chi connectivity index (χ1) is 6.51. The summed E-state index contributed by atoms with van der Waals surface area (Å²) in [7, 11) is 0. The van der Waals surface area contributed by atoms with Crippen molar-refractivity contribution in [1.29, 1.82) is 0 Å². The molecule has 0 aliphatic heterocycles. The van der Waals surface area contributed by atoms with Gasteiger partial charge in [-0.05, 0) is 20.4 Å². The van der Waals surface area contributed by atoms with Gasteiger partial charge in [0, 0.05) is 18.7 Å². The second-order valence-corrected chi connectivity index (χ2v) is 4.15. The summed E-state index contributed by atoms with van der Waals surface area (Å²) in [5.41, 5.74) is 0.379. The van der Waals surface area contributed by atoms with Crippen LogP contribution in [0.3, 0.4) is 0 Å². The smallest absolute Gasteiger partial charge is 0.128 e. The van der Waals surface area contributed by atoms with E-state index in [4.69, 9.17) is 4.52 Å². The number of rotatable bonds is 5. The van der Waals surface area contributed by atoms with Crippen LogP contribution < -0.4 is 0 Å². The Morgan fingerprint density at radius 3 is 2.71 bits per heavy atom. The molecule has 1 aromatic rings. The van der Waals surface area contributed by atoms with E-state index in [9.17, 15) is 5.11 Å². The topological polar surface area (TPSA) is 49.5 Å². The Morgan fingerprint density at radius 1 is 1.57 bits per heavy atom. The van der Waals surface area contributed by atoms with Gasteiger partial charge >= 0.3 is 0 Å². The van der Waals surface area contributed by atoms with Gasteiger partial charge in [0.15, 0.2) is 0 Å². The van der Waals surface area contributed by atoms with Gasteiger partial charge in [-0.3, -0.25) is 4.90 Å². The summed E-state index contributed by atoms with van der Waals surface area (Å²) in [6.07, 6.45) is 3.33. The first-order valence-corrected chi connectivity index (χ1v) is 4.84. The van der Waals surface area contributed by atoms with Crippen molar-refractivity contribution in [2.24, 2.45) is 0 Å². The minimum Gasteiger partial charge on any atom is -0.389 e. The van der Waals surface area contributed by atoms with Crippen LogP contribution in [0.2, 0.25) is 0 Å². The largest absolute Gasteiger partial charge is 0.389 e. The van der Waals surface area contributed by atoms with Crippen LogP contribution in [0.5, 0.6) is 0 Å². The van der Waals surface area contributed by atoms with E-state index in [-0.39, 0.29) is 0 Å². The van der Waals surface area contributed by atoms with Gasteiger partial charge in [-0.2, -0.15) is 0 Å². The lowest BCUT2D eigenvalue weighted by Gasteiger charge is -2.27. The summed E-state index contributed by atoms with van der Waals surface area (Å²) >= 11 is 0. The molecule has 0 saturated carbocycles. The van der Waals surface area contributed by atoms with E-state index < -0.39 is 5.60 Å². The van der Waals surface area contributed by atoms with Crippen LogP contribution in [0, 0.1) is 0 Å². The molecule has 0 radical (unpaired) electrons. The summed E-state index contributed by atoms with van der Waals surface area (Å²) in [4.78, 5) is 2.15. The van der Waals surface area contributed by atoms with Crippen molar-refractivity contribution >= 4 is 0 Å². The number of likely N-dealkylation sites (N-methyl/N-ethyl adjacent to an activating group) is 1. The highest BCUT2D eigenvalue weighted by atomic mass is 16.5. The van der Waals surface area contributed by atoms with E-state index in [1.165, 1.54) is 0 Å². The number of hydrogen-bond donors (Lipinski definition) is 1. The molecule has 0 aromatic carbocycles. The van der Waals surface area contributed by atoms with Crippen LogP contribution >= 0.6 is 0 Å². The molecule has 0 atom stereocenters. The van der Waals surface area contributed by atoms with Gasteiger partial charge in [0.1, 0.15) is 6.26 Å². The third kappa shape index (κ3) is 3.89. The molecule has 0 fully saturated rings. The second-order valence-electron chi connectivity index (χ2n) is 4.15. The molecule has 0 spiro atoms. The van der Waals surface area contributed by atoms with Gasteiger partial charge in [0.25, 0.3) is 0 Å². The molecule has 0 unspecified atom stereocenters. The molecule has 1 rings (SSSR count). The zero-order valence-corrected chi connectivity index (χ0v) is 9.03. The van der Waals surface area contributed by atoms with Crippen molar-refractivity contribution in [1.82, 2.24) is 10.1 Å². The number of nitrogens with zero attached hydrogens (tertiary/aromatic N) is 2. The van der Waals surface area contributed by atoms with E-state index in [2.05, 4.69) is 17.0 Å². The van der Waals surface area contributed by atoms with Gasteiger partial charge in [-0.1, -0.05) is 12.1 Å². The molecule has 4 nitrogen and oxygen atoms in total. The zero-order chi connectivity index (χ0) is 10.6. The predicted octanol–water partition coefficient (Wildman–Crippen LogP) is 1.27. The van der Waals surface area contributed by atoms with Crippen molar-refractivity contribution < 1.29 is 9.63 Å². The van der Waals surface area contributed by atoms with Crippen LogP contribution in [-0.2, 0) is 6.54 Å².